The van der Waals surface area contributed by atoms with E-state index >= 15 is 0 Å². The maximum absolute atomic E-state index is 5.32. The summed E-state index contributed by atoms with van der Waals surface area (Å²) in [5.41, 5.74) is 3.67. The summed E-state index contributed by atoms with van der Waals surface area (Å²) in [6.45, 7) is 2.16. The van der Waals surface area contributed by atoms with E-state index in [2.05, 4.69) is 31.2 Å². The molecule has 0 aliphatic rings. The fourth-order valence-corrected chi connectivity index (χ4v) is 1.95. The van der Waals surface area contributed by atoms with Crippen molar-refractivity contribution in [3.05, 3.63) is 48.0 Å². The van der Waals surface area contributed by atoms with E-state index in [-0.39, 0.29) is 0 Å². The first-order chi connectivity index (χ1) is 8.78. The van der Waals surface area contributed by atoms with Crippen LogP contribution >= 0.6 is 0 Å². The molecule has 0 aliphatic heterocycles. The van der Waals surface area contributed by atoms with Gasteiger partial charge in [0.25, 0.3) is 0 Å². The molecule has 0 radical (unpaired) electrons. The van der Waals surface area contributed by atoms with Crippen LogP contribution in [0.25, 0.3) is 11.1 Å². The fraction of sp³-hybridized carbons (Fsp3) is 0.250. The summed E-state index contributed by atoms with van der Waals surface area (Å²) in [5.74, 6) is 1.51. The van der Waals surface area contributed by atoms with E-state index in [4.69, 9.17) is 9.47 Å². The van der Waals surface area contributed by atoms with Crippen LogP contribution in [0.5, 0.6) is 11.5 Å². The van der Waals surface area contributed by atoms with Crippen LogP contribution in [0.1, 0.15) is 12.5 Å². The van der Waals surface area contributed by atoms with Crippen LogP contribution < -0.4 is 9.47 Å². The van der Waals surface area contributed by atoms with Crippen molar-refractivity contribution >= 4 is 0 Å². The van der Waals surface area contributed by atoms with Gasteiger partial charge < -0.3 is 9.47 Å². The molecule has 2 heteroatoms. The molecule has 2 aromatic rings. The first kappa shape index (κ1) is 12.5. The number of methoxy groups -OCH3 is 2. The van der Waals surface area contributed by atoms with Gasteiger partial charge in [0.2, 0.25) is 0 Å². The second-order valence-electron chi connectivity index (χ2n) is 4.12. The van der Waals surface area contributed by atoms with E-state index in [9.17, 15) is 0 Å². The molecule has 0 saturated carbocycles. The molecule has 0 aromatic heterocycles. The van der Waals surface area contributed by atoms with Gasteiger partial charge in [-0.3, -0.25) is 0 Å². The van der Waals surface area contributed by atoms with Crippen molar-refractivity contribution in [2.24, 2.45) is 0 Å². The van der Waals surface area contributed by atoms with Gasteiger partial charge in [-0.2, -0.15) is 0 Å². The van der Waals surface area contributed by atoms with Gasteiger partial charge in [-0.15, -0.1) is 0 Å². The van der Waals surface area contributed by atoms with Crippen molar-refractivity contribution in [3.63, 3.8) is 0 Å². The van der Waals surface area contributed by atoms with Crippen molar-refractivity contribution in [1.82, 2.24) is 0 Å². The van der Waals surface area contributed by atoms with Crippen molar-refractivity contribution in [3.8, 4) is 22.6 Å². The lowest BCUT2D eigenvalue weighted by atomic mass is 10.0. The van der Waals surface area contributed by atoms with Crippen LogP contribution in [-0.2, 0) is 6.42 Å². The van der Waals surface area contributed by atoms with Gasteiger partial charge in [-0.05, 0) is 35.2 Å². The van der Waals surface area contributed by atoms with Gasteiger partial charge in [0.05, 0.1) is 14.2 Å². The Bertz CT molecular complexity index is 515. The normalized spacial score (nSPS) is 10.2. The lowest BCUT2D eigenvalue weighted by molar-refractivity contribution is 0.355. The summed E-state index contributed by atoms with van der Waals surface area (Å²) >= 11 is 0. The average molecular weight is 242 g/mol. The Morgan fingerprint density at radius 2 is 1.39 bits per heavy atom. The van der Waals surface area contributed by atoms with E-state index in [1.807, 2.05) is 18.2 Å². The molecule has 0 heterocycles. The zero-order chi connectivity index (χ0) is 13.0. The molecule has 0 spiro atoms. The lowest BCUT2D eigenvalue weighted by Crippen LogP contribution is -1.91. The van der Waals surface area contributed by atoms with Crippen molar-refractivity contribution in [1.29, 1.82) is 0 Å². The SMILES string of the molecule is CCc1ccc(-c2ccc(OC)c(OC)c2)cc1. The minimum absolute atomic E-state index is 0.756. The van der Waals surface area contributed by atoms with Crippen LogP contribution in [0.3, 0.4) is 0 Å². The van der Waals surface area contributed by atoms with Crippen LogP contribution in [0.4, 0.5) is 0 Å². The minimum Gasteiger partial charge on any atom is -0.493 e. The third-order valence-corrected chi connectivity index (χ3v) is 3.08. The summed E-state index contributed by atoms with van der Waals surface area (Å²) in [4.78, 5) is 0. The molecule has 0 N–H and O–H groups in total. The summed E-state index contributed by atoms with van der Waals surface area (Å²) in [6.07, 6.45) is 1.06. The second-order valence-corrected chi connectivity index (χ2v) is 4.12. The van der Waals surface area contributed by atoms with Crippen molar-refractivity contribution < 1.29 is 9.47 Å². The molecule has 0 saturated heterocycles. The summed E-state index contributed by atoms with van der Waals surface area (Å²) < 4.78 is 10.6. The molecule has 0 aliphatic carbocycles. The van der Waals surface area contributed by atoms with Gasteiger partial charge in [0.1, 0.15) is 0 Å². The fourth-order valence-electron chi connectivity index (χ4n) is 1.95. The Morgan fingerprint density at radius 3 is 1.94 bits per heavy atom. The molecule has 0 unspecified atom stereocenters. The predicted molar refractivity (Wildman–Crippen MR) is 74.4 cm³/mol. The number of hydrogen-bond donors (Lipinski definition) is 0. The molecule has 94 valence electrons. The molecule has 2 nitrogen and oxygen atoms in total. The lowest BCUT2D eigenvalue weighted by Gasteiger charge is -2.10. The molecule has 0 amide bonds. The predicted octanol–water partition coefficient (Wildman–Crippen LogP) is 3.93. The largest absolute Gasteiger partial charge is 0.493 e. The van der Waals surface area contributed by atoms with Gasteiger partial charge in [-0.1, -0.05) is 37.3 Å². The quantitative estimate of drug-likeness (QED) is 0.808. The Balaban J connectivity index is 2.37. The van der Waals surface area contributed by atoms with E-state index in [0.29, 0.717) is 0 Å². The van der Waals surface area contributed by atoms with Gasteiger partial charge >= 0.3 is 0 Å². The minimum atomic E-state index is 0.756. The molecule has 0 bridgehead atoms. The monoisotopic (exact) mass is 242 g/mol. The second kappa shape index (κ2) is 5.58. The van der Waals surface area contributed by atoms with Gasteiger partial charge in [0, 0.05) is 0 Å². The number of rotatable bonds is 4. The molecular formula is C16H18O2. The van der Waals surface area contributed by atoms with Crippen LogP contribution in [0.15, 0.2) is 42.5 Å². The van der Waals surface area contributed by atoms with Crippen LogP contribution in [0, 0.1) is 0 Å². The highest BCUT2D eigenvalue weighted by Gasteiger charge is 2.05. The number of hydrogen-bond acceptors (Lipinski definition) is 2. The van der Waals surface area contributed by atoms with Crippen molar-refractivity contribution in [2.75, 3.05) is 14.2 Å². The number of benzene rings is 2. The number of aryl methyl sites for hydroxylation is 1. The zero-order valence-electron chi connectivity index (χ0n) is 11.1. The highest BCUT2D eigenvalue weighted by atomic mass is 16.5. The standard InChI is InChI=1S/C16H18O2/c1-4-12-5-7-13(8-6-12)14-9-10-15(17-2)16(11-14)18-3/h5-11H,4H2,1-3H3. The van der Waals surface area contributed by atoms with Crippen LogP contribution in [0.2, 0.25) is 0 Å². The van der Waals surface area contributed by atoms with E-state index in [0.717, 1.165) is 23.5 Å². The highest BCUT2D eigenvalue weighted by Crippen LogP contribution is 2.32. The zero-order valence-corrected chi connectivity index (χ0v) is 11.1. The summed E-state index contributed by atoms with van der Waals surface area (Å²) in [6, 6.07) is 14.6. The Morgan fingerprint density at radius 1 is 0.778 bits per heavy atom. The molecule has 0 atom stereocenters. The Hall–Kier alpha value is -1.96. The smallest absolute Gasteiger partial charge is 0.161 e. The summed E-state index contributed by atoms with van der Waals surface area (Å²) in [7, 11) is 3.30. The molecule has 0 fully saturated rings. The van der Waals surface area contributed by atoms with E-state index in [1.165, 1.54) is 11.1 Å². The maximum Gasteiger partial charge on any atom is 0.161 e. The first-order valence-corrected chi connectivity index (χ1v) is 6.09. The van der Waals surface area contributed by atoms with E-state index < -0.39 is 0 Å². The molecule has 2 rings (SSSR count). The topological polar surface area (TPSA) is 18.5 Å². The Labute approximate surface area is 108 Å². The average Bonchev–Trinajstić information content (AvgIpc) is 2.46. The summed E-state index contributed by atoms with van der Waals surface area (Å²) in [5, 5.41) is 0. The maximum atomic E-state index is 5.32. The van der Waals surface area contributed by atoms with Crippen LogP contribution in [-0.4, -0.2) is 14.2 Å². The third-order valence-electron chi connectivity index (χ3n) is 3.08. The highest BCUT2D eigenvalue weighted by molar-refractivity contribution is 5.67. The molecule has 2 aromatic carbocycles. The molecular weight excluding hydrogens is 224 g/mol. The molecule has 18 heavy (non-hydrogen) atoms. The first-order valence-electron chi connectivity index (χ1n) is 6.09. The Kier molecular flexibility index (Phi) is 3.88. The van der Waals surface area contributed by atoms with Gasteiger partial charge in [-0.25, -0.2) is 0 Å². The number of ether oxygens (including phenoxy) is 2. The third kappa shape index (κ3) is 2.48. The van der Waals surface area contributed by atoms with Gasteiger partial charge in [0.15, 0.2) is 11.5 Å². The van der Waals surface area contributed by atoms with Crippen molar-refractivity contribution in [2.45, 2.75) is 13.3 Å². The van der Waals surface area contributed by atoms with E-state index in [1.54, 1.807) is 14.2 Å².